The van der Waals surface area contributed by atoms with Crippen LogP contribution in [0.25, 0.3) is 0 Å². The van der Waals surface area contributed by atoms with Crippen molar-refractivity contribution in [2.45, 2.75) is 17.1 Å². The van der Waals surface area contributed by atoms with Crippen molar-refractivity contribution in [3.63, 3.8) is 0 Å². The van der Waals surface area contributed by atoms with Crippen LogP contribution >= 0.6 is 11.8 Å². The molecule has 8 heteroatoms. The molecule has 2 heterocycles. The molecule has 3 aromatic rings. The number of benzene rings is 1. The van der Waals surface area contributed by atoms with Crippen molar-refractivity contribution in [1.82, 2.24) is 24.6 Å². The minimum absolute atomic E-state index is 0.0529. The van der Waals surface area contributed by atoms with Gasteiger partial charge in [0.1, 0.15) is 11.4 Å². The quantitative estimate of drug-likeness (QED) is 0.632. The Hall–Kier alpha value is -2.87. The molecule has 0 saturated heterocycles. The number of hydrogen-bond donors (Lipinski definition) is 1. The third-order valence-corrected chi connectivity index (χ3v) is 5.07. The maximum atomic E-state index is 12.5. The predicted octanol–water partition coefficient (Wildman–Crippen LogP) is 2.11. The molecule has 0 aliphatic rings. The van der Waals surface area contributed by atoms with E-state index >= 15 is 0 Å². The van der Waals surface area contributed by atoms with Crippen LogP contribution in [0, 0.1) is 0 Å². The number of carbonyl (C=O) groups excluding carboxylic acids is 1. The Morgan fingerprint density at radius 3 is 2.70 bits per heavy atom. The molecule has 0 fully saturated rings. The van der Waals surface area contributed by atoms with Gasteiger partial charge >= 0.3 is 0 Å². The Labute approximate surface area is 161 Å². The van der Waals surface area contributed by atoms with Gasteiger partial charge in [0.05, 0.1) is 11.9 Å². The molecular weight excluding hydrogens is 362 g/mol. The molecule has 1 aromatic carbocycles. The summed E-state index contributed by atoms with van der Waals surface area (Å²) in [7, 11) is 3.53. The highest BCUT2D eigenvalue weighted by Crippen LogP contribution is 2.20. The van der Waals surface area contributed by atoms with Gasteiger partial charge in [-0.1, -0.05) is 18.2 Å². The zero-order chi connectivity index (χ0) is 19.2. The van der Waals surface area contributed by atoms with Crippen molar-refractivity contribution in [2.75, 3.05) is 13.6 Å². The van der Waals surface area contributed by atoms with E-state index in [1.807, 2.05) is 43.6 Å². The first-order valence-corrected chi connectivity index (χ1v) is 9.50. The summed E-state index contributed by atoms with van der Waals surface area (Å²) in [4.78, 5) is 34.4. The average molecular weight is 383 g/mol. The number of thioether (sulfide) groups is 1. The van der Waals surface area contributed by atoms with E-state index in [1.54, 1.807) is 29.7 Å². The number of rotatable bonds is 7. The molecule has 0 unspecified atom stereocenters. The number of aromatic nitrogens is 4. The number of H-pyrrole nitrogens is 1. The first-order chi connectivity index (χ1) is 13.0. The second-order valence-electron chi connectivity index (χ2n) is 6.17. The molecule has 0 radical (unpaired) electrons. The Morgan fingerprint density at radius 1 is 1.26 bits per heavy atom. The van der Waals surface area contributed by atoms with Gasteiger partial charge < -0.3 is 9.88 Å². The second kappa shape index (κ2) is 8.68. The fourth-order valence-corrected chi connectivity index (χ4v) is 3.33. The van der Waals surface area contributed by atoms with E-state index in [9.17, 15) is 9.59 Å². The Balaban J connectivity index is 1.60. The highest BCUT2D eigenvalue weighted by atomic mass is 32.2. The van der Waals surface area contributed by atoms with Gasteiger partial charge in [-0.3, -0.25) is 14.3 Å². The van der Waals surface area contributed by atoms with Crippen LogP contribution in [0.15, 0.2) is 58.6 Å². The summed E-state index contributed by atoms with van der Waals surface area (Å²) in [5.41, 5.74) is 0.682. The highest BCUT2D eigenvalue weighted by Gasteiger charge is 2.16. The molecular formula is C19H21N5O2S. The maximum Gasteiger partial charge on any atom is 0.263 e. The third kappa shape index (κ3) is 5.07. The molecule has 0 bridgehead atoms. The third-order valence-electron chi connectivity index (χ3n) is 4.04. The zero-order valence-electron chi connectivity index (χ0n) is 15.3. The number of aryl methyl sites for hydroxylation is 1. The molecule has 3 rings (SSSR count). The standard InChI is InChI=1S/C19H21N5O2S/c1-23(9-8-14-10-21-24(2)12-14)19(26)16-11-20-17(22-18(16)25)13-27-15-6-4-3-5-7-15/h3-7,10-12H,8-9,13H2,1-2H3,(H,20,22,25). The van der Waals surface area contributed by atoms with Crippen LogP contribution < -0.4 is 5.56 Å². The van der Waals surface area contributed by atoms with E-state index in [2.05, 4.69) is 15.1 Å². The molecule has 140 valence electrons. The molecule has 1 N–H and O–H groups in total. The fourth-order valence-electron chi connectivity index (χ4n) is 2.53. The van der Waals surface area contributed by atoms with E-state index in [0.29, 0.717) is 24.5 Å². The maximum absolute atomic E-state index is 12.5. The van der Waals surface area contributed by atoms with Crippen molar-refractivity contribution in [3.8, 4) is 0 Å². The van der Waals surface area contributed by atoms with Gasteiger partial charge in [0.25, 0.3) is 11.5 Å². The van der Waals surface area contributed by atoms with Gasteiger partial charge in [-0.05, 0) is 24.1 Å². The molecule has 1 amide bonds. The number of likely N-dealkylation sites (N-methyl/N-ethyl adjacent to an activating group) is 1. The van der Waals surface area contributed by atoms with Crippen LogP contribution in [-0.2, 0) is 19.2 Å². The van der Waals surface area contributed by atoms with Crippen molar-refractivity contribution < 1.29 is 4.79 Å². The van der Waals surface area contributed by atoms with Crippen LogP contribution in [0.2, 0.25) is 0 Å². The molecule has 0 aliphatic carbocycles. The number of carbonyl (C=O) groups is 1. The van der Waals surface area contributed by atoms with Crippen LogP contribution in [0.1, 0.15) is 21.7 Å². The highest BCUT2D eigenvalue weighted by molar-refractivity contribution is 7.98. The van der Waals surface area contributed by atoms with Crippen LogP contribution in [0.4, 0.5) is 0 Å². The van der Waals surface area contributed by atoms with E-state index in [1.165, 1.54) is 11.1 Å². The van der Waals surface area contributed by atoms with Gasteiger partial charge in [0.2, 0.25) is 0 Å². The Morgan fingerprint density at radius 2 is 2.04 bits per heavy atom. The largest absolute Gasteiger partial charge is 0.341 e. The van der Waals surface area contributed by atoms with Crippen molar-refractivity contribution in [1.29, 1.82) is 0 Å². The topological polar surface area (TPSA) is 83.9 Å². The average Bonchev–Trinajstić information content (AvgIpc) is 3.10. The van der Waals surface area contributed by atoms with Gasteiger partial charge in [-0.2, -0.15) is 5.10 Å². The number of nitrogens with zero attached hydrogens (tertiary/aromatic N) is 4. The van der Waals surface area contributed by atoms with Gasteiger partial charge in [0, 0.05) is 37.9 Å². The lowest BCUT2D eigenvalue weighted by molar-refractivity contribution is 0.0794. The van der Waals surface area contributed by atoms with E-state index in [4.69, 9.17) is 0 Å². The normalized spacial score (nSPS) is 10.7. The van der Waals surface area contributed by atoms with Crippen molar-refractivity contribution in [3.05, 3.63) is 76.2 Å². The first-order valence-electron chi connectivity index (χ1n) is 8.52. The number of nitrogens with one attached hydrogen (secondary N) is 1. The minimum atomic E-state index is -0.410. The molecule has 0 spiro atoms. The smallest absolute Gasteiger partial charge is 0.263 e. The molecule has 0 aliphatic heterocycles. The predicted molar refractivity (Wildman–Crippen MR) is 105 cm³/mol. The van der Waals surface area contributed by atoms with Gasteiger partial charge in [0.15, 0.2) is 0 Å². The summed E-state index contributed by atoms with van der Waals surface area (Å²) in [5.74, 6) is 0.739. The minimum Gasteiger partial charge on any atom is -0.341 e. The second-order valence-corrected chi connectivity index (χ2v) is 7.22. The fraction of sp³-hybridized carbons (Fsp3) is 0.263. The Bertz CT molecular complexity index is 967. The summed E-state index contributed by atoms with van der Waals surface area (Å²) < 4.78 is 1.72. The van der Waals surface area contributed by atoms with Crippen molar-refractivity contribution in [2.24, 2.45) is 7.05 Å². The van der Waals surface area contributed by atoms with E-state index < -0.39 is 5.56 Å². The van der Waals surface area contributed by atoms with Gasteiger partial charge in [-0.25, -0.2) is 4.98 Å². The lowest BCUT2D eigenvalue weighted by Gasteiger charge is -2.16. The van der Waals surface area contributed by atoms with Crippen LogP contribution in [-0.4, -0.2) is 44.1 Å². The monoisotopic (exact) mass is 383 g/mol. The number of amides is 1. The Kier molecular flexibility index (Phi) is 6.08. The summed E-state index contributed by atoms with van der Waals surface area (Å²) >= 11 is 1.57. The molecule has 7 nitrogen and oxygen atoms in total. The van der Waals surface area contributed by atoms with E-state index in [-0.39, 0.29) is 11.5 Å². The van der Waals surface area contributed by atoms with Crippen molar-refractivity contribution >= 4 is 17.7 Å². The van der Waals surface area contributed by atoms with Gasteiger partial charge in [-0.15, -0.1) is 11.8 Å². The molecule has 0 atom stereocenters. The zero-order valence-corrected chi connectivity index (χ0v) is 16.1. The summed E-state index contributed by atoms with van der Waals surface area (Å²) in [6.45, 7) is 0.496. The molecule has 2 aromatic heterocycles. The van der Waals surface area contributed by atoms with Crippen LogP contribution in [0.5, 0.6) is 0 Å². The lowest BCUT2D eigenvalue weighted by atomic mass is 10.2. The summed E-state index contributed by atoms with van der Waals surface area (Å²) in [6.07, 6.45) is 5.72. The molecule has 0 saturated carbocycles. The summed E-state index contributed by atoms with van der Waals surface area (Å²) in [6, 6.07) is 9.87. The first kappa shape index (κ1) is 18.9. The van der Waals surface area contributed by atoms with Crippen LogP contribution in [0.3, 0.4) is 0 Å². The number of aromatic amines is 1. The SMILES string of the molecule is CN(CCc1cnn(C)c1)C(=O)c1cnc(CSc2ccccc2)[nH]c1=O. The molecule has 27 heavy (non-hydrogen) atoms. The number of hydrogen-bond acceptors (Lipinski definition) is 5. The van der Waals surface area contributed by atoms with E-state index in [0.717, 1.165) is 10.5 Å². The lowest BCUT2D eigenvalue weighted by Crippen LogP contribution is -2.33. The summed E-state index contributed by atoms with van der Waals surface area (Å²) in [5, 5.41) is 4.11.